The summed E-state index contributed by atoms with van der Waals surface area (Å²) < 4.78 is 7.40. The van der Waals surface area contributed by atoms with Crippen molar-refractivity contribution in [3.63, 3.8) is 0 Å². The Morgan fingerprint density at radius 2 is 1.97 bits per heavy atom. The lowest BCUT2D eigenvalue weighted by Gasteiger charge is -2.20. The monoisotopic (exact) mass is 427 g/mol. The van der Waals surface area contributed by atoms with Crippen LogP contribution < -0.4 is 11.1 Å². The maximum Gasteiger partial charge on any atom is 0.240 e. The van der Waals surface area contributed by atoms with Gasteiger partial charge in [0.15, 0.2) is 10.9 Å². The minimum atomic E-state index is -0.691. The van der Waals surface area contributed by atoms with Gasteiger partial charge in [0.25, 0.3) is 0 Å². The Bertz CT molecular complexity index is 972. The minimum Gasteiger partial charge on any atom is -0.461 e. The first-order valence-corrected chi connectivity index (χ1v) is 10.7. The van der Waals surface area contributed by atoms with Crippen LogP contribution in [0, 0.1) is 5.92 Å². The maximum absolute atomic E-state index is 12.4. The molecule has 0 radical (unpaired) electrons. The molecular formula is C21H25N5O3S. The molecule has 0 fully saturated rings. The van der Waals surface area contributed by atoms with E-state index in [1.54, 1.807) is 12.3 Å². The molecule has 2 amide bonds. The van der Waals surface area contributed by atoms with Crippen LogP contribution in [0.5, 0.6) is 0 Å². The summed E-state index contributed by atoms with van der Waals surface area (Å²) in [5.74, 6) is 0.420. The van der Waals surface area contributed by atoms with Gasteiger partial charge in [-0.1, -0.05) is 62.4 Å². The summed E-state index contributed by atoms with van der Waals surface area (Å²) in [5, 5.41) is 11.8. The van der Waals surface area contributed by atoms with Crippen LogP contribution in [-0.2, 0) is 16.1 Å². The van der Waals surface area contributed by atoms with E-state index in [9.17, 15) is 9.59 Å². The highest BCUT2D eigenvalue weighted by Crippen LogP contribution is 2.25. The summed E-state index contributed by atoms with van der Waals surface area (Å²) in [6.07, 6.45) is 2.31. The number of carbonyl (C=O) groups excluding carboxylic acids is 2. The highest BCUT2D eigenvalue weighted by Gasteiger charge is 2.24. The molecule has 8 nitrogen and oxygen atoms in total. The van der Waals surface area contributed by atoms with Gasteiger partial charge in [0.2, 0.25) is 17.6 Å². The van der Waals surface area contributed by atoms with Crippen LogP contribution in [0.1, 0.15) is 25.8 Å². The molecule has 3 rings (SSSR count). The lowest BCUT2D eigenvalue weighted by atomic mass is 9.99. The van der Waals surface area contributed by atoms with Crippen LogP contribution in [0.4, 0.5) is 0 Å². The first-order valence-electron chi connectivity index (χ1n) is 9.72. The summed E-state index contributed by atoms with van der Waals surface area (Å²) in [4.78, 5) is 24.1. The van der Waals surface area contributed by atoms with Crippen molar-refractivity contribution in [3.05, 3.63) is 54.3 Å². The highest BCUT2D eigenvalue weighted by atomic mass is 32.2. The molecule has 0 aliphatic rings. The molecule has 2 aromatic heterocycles. The molecule has 1 aromatic carbocycles. The van der Waals surface area contributed by atoms with E-state index in [4.69, 9.17) is 10.2 Å². The number of furan rings is 1. The number of nitrogens with one attached hydrogen (secondary N) is 1. The fourth-order valence-electron chi connectivity index (χ4n) is 2.97. The summed E-state index contributed by atoms with van der Waals surface area (Å²) in [6.45, 7) is 4.36. The van der Waals surface area contributed by atoms with Crippen LogP contribution in [0.3, 0.4) is 0 Å². The van der Waals surface area contributed by atoms with Crippen molar-refractivity contribution in [3.8, 4) is 11.6 Å². The summed E-state index contributed by atoms with van der Waals surface area (Å²) in [5.41, 5.74) is 6.51. The molecule has 2 unspecified atom stereocenters. The largest absolute Gasteiger partial charge is 0.461 e. The molecule has 2 heterocycles. The van der Waals surface area contributed by atoms with Gasteiger partial charge in [0.05, 0.1) is 18.6 Å². The second-order valence-corrected chi connectivity index (χ2v) is 7.92. The van der Waals surface area contributed by atoms with Crippen molar-refractivity contribution in [1.82, 2.24) is 20.1 Å². The van der Waals surface area contributed by atoms with Crippen molar-refractivity contribution >= 4 is 23.6 Å². The number of hydrogen-bond donors (Lipinski definition) is 2. The number of nitrogens with zero attached hydrogens (tertiary/aromatic N) is 3. The average Bonchev–Trinajstić information content (AvgIpc) is 3.40. The van der Waals surface area contributed by atoms with Gasteiger partial charge in [-0.3, -0.25) is 14.2 Å². The zero-order valence-electron chi connectivity index (χ0n) is 16.9. The normalized spacial score (nSPS) is 13.0. The van der Waals surface area contributed by atoms with E-state index in [1.165, 1.54) is 11.8 Å². The van der Waals surface area contributed by atoms with Crippen molar-refractivity contribution in [2.45, 2.75) is 38.0 Å². The van der Waals surface area contributed by atoms with Crippen LogP contribution in [-0.4, -0.2) is 38.4 Å². The van der Waals surface area contributed by atoms with Gasteiger partial charge in [0.1, 0.15) is 6.04 Å². The molecular weight excluding hydrogens is 402 g/mol. The number of hydrogen-bond acceptors (Lipinski definition) is 6. The summed E-state index contributed by atoms with van der Waals surface area (Å²) in [6, 6.07) is 12.8. The highest BCUT2D eigenvalue weighted by molar-refractivity contribution is 7.99. The van der Waals surface area contributed by atoms with E-state index in [0.29, 0.717) is 23.3 Å². The van der Waals surface area contributed by atoms with Gasteiger partial charge in [0, 0.05) is 0 Å². The number of aromatic nitrogens is 3. The molecule has 30 heavy (non-hydrogen) atoms. The fourth-order valence-corrected chi connectivity index (χ4v) is 3.72. The van der Waals surface area contributed by atoms with Gasteiger partial charge in [-0.05, 0) is 23.6 Å². The van der Waals surface area contributed by atoms with E-state index in [-0.39, 0.29) is 17.6 Å². The molecule has 9 heteroatoms. The van der Waals surface area contributed by atoms with E-state index >= 15 is 0 Å². The first-order chi connectivity index (χ1) is 14.5. The standard InChI is InChI=1S/C21H25N5O3S/c1-3-14(2)18(19(22)28)23-17(27)13-30-21-25-24-20(16-10-7-11-29-16)26(21)12-15-8-5-4-6-9-15/h4-11,14,18H,3,12-13H2,1-2H3,(H2,22,28)(H,23,27). The summed E-state index contributed by atoms with van der Waals surface area (Å²) in [7, 11) is 0. The number of carbonyl (C=O) groups is 2. The first kappa shape index (κ1) is 21.6. The third-order valence-electron chi connectivity index (χ3n) is 4.81. The number of amides is 2. The van der Waals surface area contributed by atoms with Crippen LogP contribution in [0.15, 0.2) is 58.3 Å². The minimum absolute atomic E-state index is 0.0382. The van der Waals surface area contributed by atoms with Crippen molar-refractivity contribution < 1.29 is 14.0 Å². The van der Waals surface area contributed by atoms with E-state index in [0.717, 1.165) is 12.0 Å². The molecule has 0 saturated carbocycles. The molecule has 0 aliphatic carbocycles. The van der Waals surface area contributed by atoms with Gasteiger partial charge in [-0.15, -0.1) is 10.2 Å². The van der Waals surface area contributed by atoms with Crippen LogP contribution in [0.2, 0.25) is 0 Å². The Morgan fingerprint density at radius 3 is 2.60 bits per heavy atom. The second kappa shape index (κ2) is 10.1. The maximum atomic E-state index is 12.4. The number of thioether (sulfide) groups is 1. The smallest absolute Gasteiger partial charge is 0.240 e. The van der Waals surface area contributed by atoms with Crippen molar-refractivity contribution in [2.24, 2.45) is 11.7 Å². The van der Waals surface area contributed by atoms with Crippen LogP contribution in [0.25, 0.3) is 11.6 Å². The van der Waals surface area contributed by atoms with Gasteiger partial charge in [-0.2, -0.15) is 0 Å². The molecule has 0 bridgehead atoms. The van der Waals surface area contributed by atoms with E-state index < -0.39 is 11.9 Å². The zero-order chi connectivity index (χ0) is 21.5. The number of nitrogens with two attached hydrogens (primary N) is 1. The molecule has 2 atom stereocenters. The number of benzene rings is 1. The Labute approximate surface area is 179 Å². The Morgan fingerprint density at radius 1 is 1.20 bits per heavy atom. The zero-order valence-corrected chi connectivity index (χ0v) is 17.8. The van der Waals surface area contributed by atoms with Gasteiger partial charge < -0.3 is 15.5 Å². The Hall–Kier alpha value is -3.07. The predicted molar refractivity (Wildman–Crippen MR) is 115 cm³/mol. The molecule has 0 saturated heterocycles. The third kappa shape index (κ3) is 5.29. The quantitative estimate of drug-likeness (QED) is 0.481. The Kier molecular flexibility index (Phi) is 7.29. The number of rotatable bonds is 10. The molecule has 3 aromatic rings. The van der Waals surface area contributed by atoms with E-state index in [2.05, 4.69) is 15.5 Å². The van der Waals surface area contributed by atoms with Gasteiger partial charge >= 0.3 is 0 Å². The molecule has 3 N–H and O–H groups in total. The number of primary amides is 1. The summed E-state index contributed by atoms with van der Waals surface area (Å²) >= 11 is 1.25. The lowest BCUT2D eigenvalue weighted by Crippen LogP contribution is -2.48. The molecule has 0 aliphatic heterocycles. The third-order valence-corrected chi connectivity index (χ3v) is 5.78. The molecule has 158 valence electrons. The lowest BCUT2D eigenvalue weighted by molar-refractivity contribution is -0.127. The average molecular weight is 428 g/mol. The van der Waals surface area contributed by atoms with Gasteiger partial charge in [-0.25, -0.2) is 0 Å². The van der Waals surface area contributed by atoms with Crippen molar-refractivity contribution in [2.75, 3.05) is 5.75 Å². The van der Waals surface area contributed by atoms with E-state index in [1.807, 2.05) is 54.8 Å². The fraction of sp³-hybridized carbons (Fsp3) is 0.333. The predicted octanol–water partition coefficient (Wildman–Crippen LogP) is 2.69. The topological polar surface area (TPSA) is 116 Å². The Balaban J connectivity index is 1.75. The van der Waals surface area contributed by atoms with Crippen molar-refractivity contribution in [1.29, 1.82) is 0 Å². The van der Waals surface area contributed by atoms with Crippen LogP contribution >= 0.6 is 11.8 Å². The second-order valence-electron chi connectivity index (χ2n) is 6.98. The molecule has 0 spiro atoms. The SMILES string of the molecule is CCC(C)C(NC(=O)CSc1nnc(-c2ccco2)n1Cc1ccccc1)C(N)=O.